The molecular formula is C44H27N3. The van der Waals surface area contributed by atoms with E-state index in [-0.39, 0.29) is 0 Å². The van der Waals surface area contributed by atoms with Gasteiger partial charge < -0.3 is 4.98 Å². The van der Waals surface area contributed by atoms with E-state index in [1.165, 1.54) is 21.9 Å². The summed E-state index contributed by atoms with van der Waals surface area (Å²) in [5.74, 6) is 0. The average Bonchev–Trinajstić information content (AvgIpc) is 3.54. The Labute approximate surface area is 270 Å². The monoisotopic (exact) mass is 597 g/mol. The lowest BCUT2D eigenvalue weighted by molar-refractivity contribution is 1.42. The number of aromatic amines is 1. The van der Waals surface area contributed by atoms with Crippen molar-refractivity contribution in [3.8, 4) is 33.5 Å². The molecule has 0 spiro atoms. The van der Waals surface area contributed by atoms with Crippen LogP contribution in [-0.2, 0) is 0 Å². The van der Waals surface area contributed by atoms with Gasteiger partial charge in [0.2, 0.25) is 0 Å². The third-order valence-electron chi connectivity index (χ3n) is 9.52. The number of rotatable bonds is 3. The summed E-state index contributed by atoms with van der Waals surface area (Å²) < 4.78 is 0. The number of pyridine rings is 2. The molecule has 3 heterocycles. The molecule has 0 saturated heterocycles. The van der Waals surface area contributed by atoms with Gasteiger partial charge in [-0.25, -0.2) is 9.97 Å². The molecule has 3 aromatic heterocycles. The third kappa shape index (κ3) is 4.07. The summed E-state index contributed by atoms with van der Waals surface area (Å²) in [6.45, 7) is 0. The van der Waals surface area contributed by atoms with Crippen LogP contribution in [0.15, 0.2) is 158 Å². The molecule has 0 bridgehead atoms. The molecule has 1 N–H and O–H groups in total. The van der Waals surface area contributed by atoms with Crippen LogP contribution in [-0.4, -0.2) is 15.0 Å². The van der Waals surface area contributed by atoms with E-state index >= 15 is 0 Å². The Kier molecular flexibility index (Phi) is 5.57. The first-order chi connectivity index (χ1) is 23.3. The molecule has 47 heavy (non-hydrogen) atoms. The quantitative estimate of drug-likeness (QED) is 0.163. The number of H-pyrrole nitrogens is 1. The third-order valence-corrected chi connectivity index (χ3v) is 9.52. The van der Waals surface area contributed by atoms with Crippen molar-refractivity contribution in [2.75, 3.05) is 0 Å². The Hall–Kier alpha value is -6.32. The summed E-state index contributed by atoms with van der Waals surface area (Å²) in [6, 6.07) is 56.1. The van der Waals surface area contributed by atoms with Crippen LogP contribution < -0.4 is 0 Å². The van der Waals surface area contributed by atoms with E-state index in [9.17, 15) is 0 Å². The van der Waals surface area contributed by atoms with Gasteiger partial charge in [-0.3, -0.25) is 0 Å². The smallest absolute Gasteiger partial charge is 0.0810 e. The molecule has 0 fully saturated rings. The van der Waals surface area contributed by atoms with Crippen LogP contribution in [0.1, 0.15) is 0 Å². The second kappa shape index (κ2) is 10.1. The highest BCUT2D eigenvalue weighted by atomic mass is 14.8. The Morgan fingerprint density at radius 3 is 2.06 bits per heavy atom. The molecule has 0 saturated carbocycles. The van der Waals surface area contributed by atoms with Gasteiger partial charge in [0.1, 0.15) is 0 Å². The standard InChI is InChI=1S/C44H27N3/c1-2-11-27(12-3-1)28-21-22-36-40(26-28)47-43(41-35-18-7-9-20-39(35)46-44(36)41)31-15-10-14-29(23-31)37-25-32-24-30-13-4-8-19-38(30)45-42(32)34-17-6-5-16-33(34)37/h1-26,46H. The number of benzene rings is 7. The Morgan fingerprint density at radius 2 is 1.15 bits per heavy atom. The predicted molar refractivity (Wildman–Crippen MR) is 198 cm³/mol. The number of fused-ring (bicyclic) bond motifs is 9. The fraction of sp³-hybridized carbons (Fsp3) is 0. The lowest BCUT2D eigenvalue weighted by atomic mass is 9.93. The number of para-hydroxylation sites is 2. The van der Waals surface area contributed by atoms with Crippen molar-refractivity contribution >= 4 is 65.3 Å². The summed E-state index contributed by atoms with van der Waals surface area (Å²) in [5.41, 5.74) is 12.0. The van der Waals surface area contributed by atoms with Crippen LogP contribution in [0.25, 0.3) is 98.8 Å². The lowest BCUT2D eigenvalue weighted by Gasteiger charge is -2.13. The number of hydrogen-bond acceptors (Lipinski definition) is 2. The maximum atomic E-state index is 5.43. The van der Waals surface area contributed by atoms with Crippen LogP contribution in [0, 0.1) is 0 Å². The van der Waals surface area contributed by atoms with E-state index in [1.54, 1.807) is 0 Å². The van der Waals surface area contributed by atoms with Crippen molar-refractivity contribution in [3.05, 3.63) is 158 Å². The second-order valence-corrected chi connectivity index (χ2v) is 12.3. The van der Waals surface area contributed by atoms with Crippen molar-refractivity contribution in [1.29, 1.82) is 0 Å². The van der Waals surface area contributed by atoms with E-state index in [2.05, 4.69) is 163 Å². The van der Waals surface area contributed by atoms with Crippen molar-refractivity contribution in [1.82, 2.24) is 15.0 Å². The molecule has 0 aliphatic rings. The molecule has 218 valence electrons. The predicted octanol–water partition coefficient (Wildman–Crippen LogP) is 11.7. The van der Waals surface area contributed by atoms with Crippen molar-refractivity contribution in [2.24, 2.45) is 0 Å². The zero-order valence-corrected chi connectivity index (χ0v) is 25.4. The van der Waals surface area contributed by atoms with E-state index in [0.29, 0.717) is 0 Å². The van der Waals surface area contributed by atoms with Crippen LogP contribution in [0.3, 0.4) is 0 Å². The SMILES string of the molecule is c1ccc(-c2ccc3c(c2)nc(-c2cccc(-c4cc5cc6ccccc6nc5c5ccccc45)c2)c2c4ccccc4[nH]c32)cc1. The highest BCUT2D eigenvalue weighted by Gasteiger charge is 2.18. The molecule has 7 aromatic carbocycles. The van der Waals surface area contributed by atoms with Crippen LogP contribution in [0.5, 0.6) is 0 Å². The Balaban J connectivity index is 1.24. The summed E-state index contributed by atoms with van der Waals surface area (Å²) in [4.78, 5) is 14.3. The Bertz CT molecular complexity index is 2850. The van der Waals surface area contributed by atoms with Crippen molar-refractivity contribution < 1.29 is 0 Å². The number of aromatic nitrogens is 3. The first-order valence-electron chi connectivity index (χ1n) is 16.0. The Morgan fingerprint density at radius 1 is 0.404 bits per heavy atom. The van der Waals surface area contributed by atoms with Gasteiger partial charge in [-0.2, -0.15) is 0 Å². The molecule has 0 aliphatic carbocycles. The molecule has 0 unspecified atom stereocenters. The van der Waals surface area contributed by atoms with E-state index in [0.717, 1.165) is 76.9 Å². The minimum Gasteiger partial charge on any atom is -0.354 e. The molecule has 3 heteroatoms. The van der Waals surface area contributed by atoms with Gasteiger partial charge >= 0.3 is 0 Å². The second-order valence-electron chi connectivity index (χ2n) is 12.3. The lowest BCUT2D eigenvalue weighted by Crippen LogP contribution is -1.91. The summed E-state index contributed by atoms with van der Waals surface area (Å²) in [7, 11) is 0. The van der Waals surface area contributed by atoms with Gasteiger partial charge in [0, 0.05) is 43.4 Å². The number of hydrogen-bond donors (Lipinski definition) is 1. The largest absolute Gasteiger partial charge is 0.354 e. The molecule has 10 rings (SSSR count). The molecule has 3 nitrogen and oxygen atoms in total. The summed E-state index contributed by atoms with van der Waals surface area (Å²) in [6.07, 6.45) is 0. The molecule has 0 aliphatic heterocycles. The minimum atomic E-state index is 0.972. The zero-order chi connectivity index (χ0) is 30.9. The molecular weight excluding hydrogens is 571 g/mol. The highest BCUT2D eigenvalue weighted by molar-refractivity contribution is 6.21. The van der Waals surface area contributed by atoms with E-state index in [4.69, 9.17) is 9.97 Å². The maximum absolute atomic E-state index is 5.43. The van der Waals surface area contributed by atoms with Gasteiger partial charge in [-0.1, -0.05) is 121 Å². The number of nitrogens with one attached hydrogen (secondary N) is 1. The van der Waals surface area contributed by atoms with Gasteiger partial charge in [-0.05, 0) is 64.0 Å². The molecule has 0 radical (unpaired) electrons. The van der Waals surface area contributed by atoms with Crippen molar-refractivity contribution in [3.63, 3.8) is 0 Å². The summed E-state index contributed by atoms with van der Waals surface area (Å²) in [5, 5.41) is 8.08. The number of nitrogens with zero attached hydrogens (tertiary/aromatic N) is 2. The first-order valence-corrected chi connectivity index (χ1v) is 16.0. The normalized spacial score (nSPS) is 11.8. The van der Waals surface area contributed by atoms with Crippen molar-refractivity contribution in [2.45, 2.75) is 0 Å². The van der Waals surface area contributed by atoms with Crippen LogP contribution in [0.4, 0.5) is 0 Å². The fourth-order valence-corrected chi connectivity index (χ4v) is 7.31. The molecule has 10 aromatic rings. The van der Waals surface area contributed by atoms with E-state index in [1.807, 2.05) is 0 Å². The highest BCUT2D eigenvalue weighted by Crippen LogP contribution is 2.41. The van der Waals surface area contributed by atoms with Gasteiger partial charge in [0.05, 0.1) is 27.8 Å². The minimum absolute atomic E-state index is 0.972. The molecule has 0 amide bonds. The first kappa shape index (κ1) is 26.0. The van der Waals surface area contributed by atoms with Gasteiger partial charge in [-0.15, -0.1) is 0 Å². The van der Waals surface area contributed by atoms with Crippen LogP contribution >= 0.6 is 0 Å². The molecule has 0 atom stereocenters. The topological polar surface area (TPSA) is 41.6 Å². The van der Waals surface area contributed by atoms with Gasteiger partial charge in [0.15, 0.2) is 0 Å². The summed E-state index contributed by atoms with van der Waals surface area (Å²) >= 11 is 0. The maximum Gasteiger partial charge on any atom is 0.0810 e. The van der Waals surface area contributed by atoms with Gasteiger partial charge in [0.25, 0.3) is 0 Å². The van der Waals surface area contributed by atoms with Crippen LogP contribution in [0.2, 0.25) is 0 Å². The fourth-order valence-electron chi connectivity index (χ4n) is 7.31. The average molecular weight is 598 g/mol. The van der Waals surface area contributed by atoms with E-state index < -0.39 is 0 Å². The zero-order valence-electron chi connectivity index (χ0n) is 25.4.